The standard InChI is InChI=1S/C13H19N3OS/c1-11-9-16(5-6-18-11)10-13(17)15-8-12-3-2-4-14-7-12/h2-4,7,11H,5-6,8-10H2,1H3,(H,15,17)/t11-/m1/s1. The molecule has 1 amide bonds. The number of nitrogens with zero attached hydrogens (tertiary/aromatic N) is 2. The molecule has 1 aromatic rings. The van der Waals surface area contributed by atoms with Crippen LogP contribution in [0.15, 0.2) is 24.5 Å². The van der Waals surface area contributed by atoms with Crippen LogP contribution in [-0.2, 0) is 11.3 Å². The molecule has 1 atom stereocenters. The first-order valence-corrected chi connectivity index (χ1v) is 7.28. The van der Waals surface area contributed by atoms with Crippen LogP contribution in [-0.4, -0.2) is 46.4 Å². The van der Waals surface area contributed by atoms with Crippen molar-refractivity contribution in [1.82, 2.24) is 15.2 Å². The van der Waals surface area contributed by atoms with E-state index in [-0.39, 0.29) is 5.91 Å². The lowest BCUT2D eigenvalue weighted by Gasteiger charge is -2.29. The smallest absolute Gasteiger partial charge is 0.234 e. The number of hydrogen-bond acceptors (Lipinski definition) is 4. The van der Waals surface area contributed by atoms with Crippen molar-refractivity contribution >= 4 is 17.7 Å². The van der Waals surface area contributed by atoms with E-state index in [1.165, 1.54) is 0 Å². The lowest BCUT2D eigenvalue weighted by molar-refractivity contribution is -0.122. The second kappa shape index (κ2) is 6.75. The lowest BCUT2D eigenvalue weighted by Crippen LogP contribution is -2.43. The average Bonchev–Trinajstić information content (AvgIpc) is 2.38. The highest BCUT2D eigenvalue weighted by atomic mass is 32.2. The Kier molecular flexibility index (Phi) is 5.01. The van der Waals surface area contributed by atoms with Crippen LogP contribution in [0, 0.1) is 0 Å². The van der Waals surface area contributed by atoms with Crippen LogP contribution in [0.25, 0.3) is 0 Å². The number of rotatable bonds is 4. The fraction of sp³-hybridized carbons (Fsp3) is 0.538. The van der Waals surface area contributed by atoms with Gasteiger partial charge in [0.1, 0.15) is 0 Å². The minimum absolute atomic E-state index is 0.0953. The van der Waals surface area contributed by atoms with E-state index in [9.17, 15) is 4.79 Å². The van der Waals surface area contributed by atoms with Gasteiger partial charge < -0.3 is 5.32 Å². The molecular weight excluding hydrogens is 246 g/mol. The van der Waals surface area contributed by atoms with Crippen molar-refractivity contribution in [2.45, 2.75) is 18.7 Å². The summed E-state index contributed by atoms with van der Waals surface area (Å²) in [7, 11) is 0. The fourth-order valence-corrected chi connectivity index (χ4v) is 3.08. The third-order valence-electron chi connectivity index (χ3n) is 2.90. The summed E-state index contributed by atoms with van der Waals surface area (Å²) in [4.78, 5) is 18.1. The Hall–Kier alpha value is -1.07. The van der Waals surface area contributed by atoms with Gasteiger partial charge in [0, 0.05) is 43.0 Å². The van der Waals surface area contributed by atoms with Crippen LogP contribution in [0.4, 0.5) is 0 Å². The largest absolute Gasteiger partial charge is 0.351 e. The molecule has 2 heterocycles. The maximum Gasteiger partial charge on any atom is 0.234 e. The number of pyridine rings is 1. The summed E-state index contributed by atoms with van der Waals surface area (Å²) >= 11 is 1.98. The van der Waals surface area contributed by atoms with Gasteiger partial charge in [0.05, 0.1) is 6.54 Å². The number of nitrogens with one attached hydrogen (secondary N) is 1. The molecule has 1 aliphatic rings. The van der Waals surface area contributed by atoms with Gasteiger partial charge >= 0.3 is 0 Å². The molecule has 0 aliphatic carbocycles. The van der Waals surface area contributed by atoms with E-state index >= 15 is 0 Å². The van der Waals surface area contributed by atoms with Crippen LogP contribution in [0.1, 0.15) is 12.5 Å². The highest BCUT2D eigenvalue weighted by Gasteiger charge is 2.18. The van der Waals surface area contributed by atoms with Crippen molar-refractivity contribution in [3.63, 3.8) is 0 Å². The number of amides is 1. The first-order chi connectivity index (χ1) is 8.74. The average molecular weight is 265 g/mol. The van der Waals surface area contributed by atoms with E-state index in [0.717, 1.165) is 24.4 Å². The summed E-state index contributed by atoms with van der Waals surface area (Å²) in [5, 5.41) is 3.56. The van der Waals surface area contributed by atoms with Gasteiger partial charge in [0.2, 0.25) is 5.91 Å². The van der Waals surface area contributed by atoms with Gasteiger partial charge in [-0.25, -0.2) is 0 Å². The van der Waals surface area contributed by atoms with Gasteiger partial charge in [-0.3, -0.25) is 14.7 Å². The van der Waals surface area contributed by atoms with Crippen LogP contribution in [0.3, 0.4) is 0 Å². The van der Waals surface area contributed by atoms with E-state index in [2.05, 4.69) is 22.1 Å². The summed E-state index contributed by atoms with van der Waals surface area (Å²) in [6.45, 7) is 5.29. The summed E-state index contributed by atoms with van der Waals surface area (Å²) in [5.74, 6) is 1.22. The highest BCUT2D eigenvalue weighted by Crippen LogP contribution is 2.17. The minimum Gasteiger partial charge on any atom is -0.351 e. The minimum atomic E-state index is 0.0953. The van der Waals surface area contributed by atoms with Crippen LogP contribution in [0.5, 0.6) is 0 Å². The summed E-state index contributed by atoms with van der Waals surface area (Å²) in [5.41, 5.74) is 1.04. The van der Waals surface area contributed by atoms with Gasteiger partial charge in [0.25, 0.3) is 0 Å². The second-order valence-corrected chi connectivity index (χ2v) is 6.10. The second-order valence-electron chi connectivity index (χ2n) is 4.55. The molecule has 1 N–H and O–H groups in total. The lowest BCUT2D eigenvalue weighted by atomic mass is 10.3. The van der Waals surface area contributed by atoms with Crippen molar-refractivity contribution in [3.8, 4) is 0 Å². The van der Waals surface area contributed by atoms with Gasteiger partial charge in [0.15, 0.2) is 0 Å². The quantitative estimate of drug-likeness (QED) is 0.886. The van der Waals surface area contributed by atoms with Gasteiger partial charge in [-0.1, -0.05) is 13.0 Å². The maximum atomic E-state index is 11.8. The first-order valence-electron chi connectivity index (χ1n) is 6.23. The molecule has 0 unspecified atom stereocenters. The molecule has 5 heteroatoms. The molecule has 0 radical (unpaired) electrons. The zero-order chi connectivity index (χ0) is 12.8. The van der Waals surface area contributed by atoms with E-state index in [1.54, 1.807) is 12.4 Å². The van der Waals surface area contributed by atoms with Gasteiger partial charge in [-0.05, 0) is 11.6 Å². The Morgan fingerprint density at radius 3 is 3.28 bits per heavy atom. The Labute approximate surface area is 112 Å². The van der Waals surface area contributed by atoms with Crippen molar-refractivity contribution < 1.29 is 4.79 Å². The van der Waals surface area contributed by atoms with Gasteiger partial charge in [-0.15, -0.1) is 0 Å². The van der Waals surface area contributed by atoms with Gasteiger partial charge in [-0.2, -0.15) is 11.8 Å². The summed E-state index contributed by atoms with van der Waals surface area (Å²) in [6, 6.07) is 3.85. The molecule has 1 fully saturated rings. The Balaban J connectivity index is 1.72. The molecule has 0 aromatic carbocycles. The van der Waals surface area contributed by atoms with Crippen LogP contribution in [0.2, 0.25) is 0 Å². The third-order valence-corrected chi connectivity index (χ3v) is 4.04. The molecule has 18 heavy (non-hydrogen) atoms. The maximum absolute atomic E-state index is 11.8. The molecule has 1 saturated heterocycles. The van der Waals surface area contributed by atoms with Crippen molar-refractivity contribution in [1.29, 1.82) is 0 Å². The summed E-state index contributed by atoms with van der Waals surface area (Å²) in [6.07, 6.45) is 3.51. The normalized spacial score (nSPS) is 20.6. The molecule has 0 bridgehead atoms. The number of thioether (sulfide) groups is 1. The van der Waals surface area contributed by atoms with E-state index < -0.39 is 0 Å². The van der Waals surface area contributed by atoms with E-state index in [0.29, 0.717) is 18.3 Å². The predicted molar refractivity (Wildman–Crippen MR) is 74.4 cm³/mol. The Morgan fingerprint density at radius 2 is 2.56 bits per heavy atom. The van der Waals surface area contributed by atoms with E-state index in [4.69, 9.17) is 0 Å². The fourth-order valence-electron chi connectivity index (χ4n) is 2.00. The van der Waals surface area contributed by atoms with E-state index in [1.807, 2.05) is 23.9 Å². The topological polar surface area (TPSA) is 45.2 Å². The third kappa shape index (κ3) is 4.31. The molecule has 1 aromatic heterocycles. The molecule has 0 saturated carbocycles. The molecule has 98 valence electrons. The predicted octanol–water partition coefficient (Wildman–Crippen LogP) is 1.14. The van der Waals surface area contributed by atoms with Crippen molar-refractivity contribution in [2.24, 2.45) is 0 Å². The summed E-state index contributed by atoms with van der Waals surface area (Å²) < 4.78 is 0. The zero-order valence-corrected chi connectivity index (χ0v) is 11.4. The number of aromatic nitrogens is 1. The van der Waals surface area contributed by atoms with Crippen molar-refractivity contribution in [2.75, 3.05) is 25.4 Å². The molecular formula is C13H19N3OS. The molecule has 0 spiro atoms. The number of carbonyl (C=O) groups excluding carboxylic acids is 1. The molecule has 1 aliphatic heterocycles. The monoisotopic (exact) mass is 265 g/mol. The molecule has 2 rings (SSSR count). The van der Waals surface area contributed by atoms with Crippen molar-refractivity contribution in [3.05, 3.63) is 30.1 Å². The van der Waals surface area contributed by atoms with Crippen LogP contribution >= 0.6 is 11.8 Å². The number of hydrogen-bond donors (Lipinski definition) is 1. The highest BCUT2D eigenvalue weighted by molar-refractivity contribution is 7.99. The first kappa shape index (κ1) is 13.4. The zero-order valence-electron chi connectivity index (χ0n) is 10.6. The number of carbonyl (C=O) groups is 1. The molecule has 4 nitrogen and oxygen atoms in total. The Morgan fingerprint density at radius 1 is 1.67 bits per heavy atom. The Bertz CT molecular complexity index is 385. The SMILES string of the molecule is C[C@@H]1CN(CC(=O)NCc2cccnc2)CCS1. The van der Waals surface area contributed by atoms with Crippen LogP contribution < -0.4 is 5.32 Å².